The molecular formula is C26H21F5N4O6. The number of aromatic nitrogens is 2. The van der Waals surface area contributed by atoms with Crippen LogP contribution in [-0.4, -0.2) is 74.7 Å². The molecule has 1 amide bonds. The van der Waals surface area contributed by atoms with E-state index in [1.807, 2.05) is 0 Å². The lowest BCUT2D eigenvalue weighted by Gasteiger charge is -2.38. The van der Waals surface area contributed by atoms with Crippen LogP contribution >= 0.6 is 0 Å². The topological polar surface area (TPSA) is 154 Å². The Hall–Kier alpha value is -4.21. The Bertz CT molecular complexity index is 1520. The molecule has 1 saturated heterocycles. The van der Waals surface area contributed by atoms with E-state index in [1.165, 1.54) is 24.3 Å². The third-order valence-electron chi connectivity index (χ3n) is 6.87. The molecule has 1 aliphatic carbocycles. The molecule has 216 valence electrons. The minimum absolute atomic E-state index is 0.136. The number of anilines is 1. The maximum atomic E-state index is 15.2. The first-order valence-electron chi connectivity index (χ1n) is 12.1. The number of nitrogens with zero attached hydrogens (tertiary/aromatic N) is 2. The third kappa shape index (κ3) is 5.30. The largest absolute Gasteiger partial charge is 0.478 e. The van der Waals surface area contributed by atoms with Gasteiger partial charge in [0.05, 0.1) is 30.6 Å². The van der Waals surface area contributed by atoms with Crippen LogP contribution in [-0.2, 0) is 16.8 Å². The highest BCUT2D eigenvalue weighted by Gasteiger charge is 2.45. The number of rotatable bonds is 6. The summed E-state index contributed by atoms with van der Waals surface area (Å²) in [6.07, 6.45) is -7.45. The van der Waals surface area contributed by atoms with Crippen molar-refractivity contribution in [1.82, 2.24) is 15.3 Å². The molecule has 0 saturated carbocycles. The van der Waals surface area contributed by atoms with Gasteiger partial charge in [-0.1, -0.05) is 12.1 Å². The highest BCUT2D eigenvalue weighted by molar-refractivity contribution is 5.96. The summed E-state index contributed by atoms with van der Waals surface area (Å²) in [6.45, 7) is -0.610. The molecule has 41 heavy (non-hydrogen) atoms. The molecule has 2 aromatic carbocycles. The average molecular weight is 580 g/mol. The third-order valence-corrected chi connectivity index (χ3v) is 6.87. The van der Waals surface area contributed by atoms with Gasteiger partial charge in [0, 0.05) is 23.2 Å². The number of aliphatic hydroxyl groups excluding tert-OH is 2. The molecular weight excluding hydrogens is 559 g/mol. The van der Waals surface area contributed by atoms with Crippen molar-refractivity contribution in [1.29, 1.82) is 0 Å². The fourth-order valence-corrected chi connectivity index (χ4v) is 4.74. The molecule has 1 fully saturated rings. The predicted molar refractivity (Wildman–Crippen MR) is 130 cm³/mol. The van der Waals surface area contributed by atoms with Crippen LogP contribution in [0.2, 0.25) is 0 Å². The molecule has 0 bridgehead atoms. The number of carbonyl (C=O) groups excluding carboxylic acids is 1. The number of alkyl halides is 5. The summed E-state index contributed by atoms with van der Waals surface area (Å²) in [5.74, 6) is -5.99. The molecule has 10 nitrogen and oxygen atoms in total. The quantitative estimate of drug-likeness (QED) is 0.277. The van der Waals surface area contributed by atoms with Crippen LogP contribution in [0.5, 0.6) is 0 Å². The maximum Gasteiger partial charge on any atom is 0.434 e. The molecule has 5 rings (SSSR count). The molecule has 0 radical (unpaired) electrons. The Morgan fingerprint density at radius 3 is 2.27 bits per heavy atom. The molecule has 2 aliphatic rings. The van der Waals surface area contributed by atoms with Gasteiger partial charge in [-0.2, -0.15) is 22.0 Å². The lowest BCUT2D eigenvalue weighted by Crippen LogP contribution is -2.58. The lowest BCUT2D eigenvalue weighted by molar-refractivity contribution is -0.141. The van der Waals surface area contributed by atoms with Crippen LogP contribution in [0.25, 0.3) is 11.1 Å². The fraction of sp³-hybridized carbons (Fsp3) is 0.308. The summed E-state index contributed by atoms with van der Waals surface area (Å²) in [4.78, 5) is 30.8. The van der Waals surface area contributed by atoms with Crippen LogP contribution in [0.15, 0.2) is 48.8 Å². The van der Waals surface area contributed by atoms with E-state index in [0.717, 1.165) is 18.3 Å². The molecule has 15 heteroatoms. The van der Waals surface area contributed by atoms with Gasteiger partial charge in [0.15, 0.2) is 5.69 Å². The number of aliphatic hydroxyl groups is 2. The number of fused-ring (bicyclic) bond motifs is 3. The Morgan fingerprint density at radius 2 is 1.63 bits per heavy atom. The molecule has 1 aromatic heterocycles. The van der Waals surface area contributed by atoms with Crippen LogP contribution in [0.3, 0.4) is 0 Å². The van der Waals surface area contributed by atoms with Gasteiger partial charge in [0.25, 0.3) is 11.8 Å². The number of carboxylic acids is 1. The van der Waals surface area contributed by atoms with Gasteiger partial charge in [-0.25, -0.2) is 9.78 Å². The Kier molecular flexibility index (Phi) is 7.13. The second-order valence-electron chi connectivity index (χ2n) is 9.50. The van der Waals surface area contributed by atoms with Gasteiger partial charge in [-0.3, -0.25) is 9.78 Å². The van der Waals surface area contributed by atoms with E-state index in [-0.39, 0.29) is 41.2 Å². The SMILES string of the molecule is O=C(O)c1ccc2c(c1)C(F)(F)c1cc(C(=O)NC[C@H]3OC[C@H](Nc4cncc(C(F)(F)F)n4)[C@@H](O)C3O)ccc1-2. The molecule has 4 atom stereocenters. The number of carboxylic acid groups (broad SMARTS) is 1. The average Bonchev–Trinajstić information content (AvgIpc) is 3.16. The number of hydrogen-bond donors (Lipinski definition) is 5. The Balaban J connectivity index is 1.23. The van der Waals surface area contributed by atoms with Crippen LogP contribution < -0.4 is 10.6 Å². The number of halogens is 5. The zero-order valence-corrected chi connectivity index (χ0v) is 20.7. The number of amides is 1. The van der Waals surface area contributed by atoms with Crippen molar-refractivity contribution in [2.24, 2.45) is 0 Å². The van der Waals surface area contributed by atoms with Crippen molar-refractivity contribution in [3.63, 3.8) is 0 Å². The minimum atomic E-state index is -4.74. The number of ether oxygens (including phenoxy) is 1. The predicted octanol–water partition coefficient (Wildman–Crippen LogP) is 2.65. The van der Waals surface area contributed by atoms with Gasteiger partial charge < -0.3 is 30.7 Å². The first-order valence-corrected chi connectivity index (χ1v) is 12.1. The zero-order chi connectivity index (χ0) is 29.7. The number of aromatic carboxylic acids is 1. The first kappa shape index (κ1) is 28.3. The van der Waals surface area contributed by atoms with Crippen molar-refractivity contribution in [3.8, 4) is 11.1 Å². The number of benzene rings is 2. The van der Waals surface area contributed by atoms with Gasteiger partial charge in [0.2, 0.25) is 0 Å². The van der Waals surface area contributed by atoms with Gasteiger partial charge >= 0.3 is 12.1 Å². The van der Waals surface area contributed by atoms with Gasteiger partial charge in [-0.05, 0) is 35.4 Å². The number of hydrogen-bond acceptors (Lipinski definition) is 8. The first-order chi connectivity index (χ1) is 19.3. The Labute approximate surface area is 227 Å². The van der Waals surface area contributed by atoms with Crippen LogP contribution in [0, 0.1) is 0 Å². The minimum Gasteiger partial charge on any atom is -0.478 e. The number of carbonyl (C=O) groups is 2. The zero-order valence-electron chi connectivity index (χ0n) is 20.7. The molecule has 1 unspecified atom stereocenters. The maximum absolute atomic E-state index is 15.2. The monoisotopic (exact) mass is 580 g/mol. The van der Waals surface area contributed by atoms with E-state index < -0.39 is 65.1 Å². The smallest absolute Gasteiger partial charge is 0.434 e. The van der Waals surface area contributed by atoms with E-state index in [1.54, 1.807) is 0 Å². The molecule has 1 aliphatic heterocycles. The second-order valence-corrected chi connectivity index (χ2v) is 9.50. The lowest BCUT2D eigenvalue weighted by atomic mass is 9.97. The molecule has 3 aromatic rings. The van der Waals surface area contributed by atoms with E-state index in [9.17, 15) is 33.0 Å². The molecule has 0 spiro atoms. The van der Waals surface area contributed by atoms with E-state index in [4.69, 9.17) is 9.84 Å². The van der Waals surface area contributed by atoms with Crippen molar-refractivity contribution >= 4 is 17.7 Å². The van der Waals surface area contributed by atoms with Crippen molar-refractivity contribution < 1.29 is 51.6 Å². The summed E-state index contributed by atoms with van der Waals surface area (Å²) < 4.78 is 74.5. The van der Waals surface area contributed by atoms with Crippen molar-refractivity contribution in [3.05, 3.63) is 76.7 Å². The number of nitrogens with one attached hydrogen (secondary N) is 2. The normalized spacial score (nSPS) is 22.9. The standard InChI is InChI=1S/C26H21F5N4O6/c27-25(28)15-5-11(1-3-13(15)14-4-2-12(24(39)40)6-16(14)25)23(38)33-7-18-22(37)21(36)17(10-41-18)34-20-9-32-8-19(35-20)26(29,30)31/h1-6,8-9,17-18,21-22,36-37H,7,10H2,(H,33,38)(H,34,35)(H,39,40)/t17-,18+,21+,22?/m0/s1. The molecule has 2 heterocycles. The Morgan fingerprint density at radius 1 is 1.00 bits per heavy atom. The van der Waals surface area contributed by atoms with Crippen molar-refractivity contribution in [2.45, 2.75) is 36.5 Å². The van der Waals surface area contributed by atoms with Crippen LogP contribution in [0.4, 0.5) is 27.8 Å². The van der Waals surface area contributed by atoms with Crippen molar-refractivity contribution in [2.75, 3.05) is 18.5 Å². The fourth-order valence-electron chi connectivity index (χ4n) is 4.74. The molecule has 5 N–H and O–H groups in total. The second kappa shape index (κ2) is 10.3. The van der Waals surface area contributed by atoms with E-state index in [0.29, 0.717) is 6.20 Å². The summed E-state index contributed by atoms with van der Waals surface area (Å²) >= 11 is 0. The summed E-state index contributed by atoms with van der Waals surface area (Å²) in [6, 6.07) is 5.97. The highest BCUT2D eigenvalue weighted by Crippen LogP contribution is 2.51. The summed E-state index contributed by atoms with van der Waals surface area (Å²) in [7, 11) is 0. The van der Waals surface area contributed by atoms with E-state index in [2.05, 4.69) is 20.6 Å². The van der Waals surface area contributed by atoms with Gasteiger partial charge in [-0.15, -0.1) is 0 Å². The highest BCUT2D eigenvalue weighted by atomic mass is 19.4. The summed E-state index contributed by atoms with van der Waals surface area (Å²) in [5.41, 5.74) is -2.36. The van der Waals surface area contributed by atoms with E-state index >= 15 is 8.78 Å². The van der Waals surface area contributed by atoms with Gasteiger partial charge in [0.1, 0.15) is 24.1 Å². The summed E-state index contributed by atoms with van der Waals surface area (Å²) in [5, 5.41) is 35.1. The van der Waals surface area contributed by atoms with Crippen LogP contribution in [0.1, 0.15) is 37.5 Å².